The highest BCUT2D eigenvalue weighted by molar-refractivity contribution is 6.30. The van der Waals surface area contributed by atoms with E-state index in [1.807, 2.05) is 12.1 Å². The van der Waals surface area contributed by atoms with Gasteiger partial charge in [-0.2, -0.15) is 0 Å². The molecule has 0 bridgehead atoms. The zero-order valence-electron chi connectivity index (χ0n) is 10.2. The van der Waals surface area contributed by atoms with Gasteiger partial charge in [-0.05, 0) is 38.0 Å². The maximum absolute atomic E-state index is 6.09. The molecule has 92 valence electrons. The van der Waals surface area contributed by atoms with Gasteiger partial charge in [-0.25, -0.2) is 0 Å². The standard InChI is InChI=1S/C14H19ClN2/c1-11-8-17(10-14(5-6-14)9-16-11)13-4-2-3-12(15)7-13/h2-4,7,11,16H,5-6,8-10H2,1H3. The van der Waals surface area contributed by atoms with Crippen molar-refractivity contribution in [3.05, 3.63) is 29.3 Å². The summed E-state index contributed by atoms with van der Waals surface area (Å²) in [6.45, 7) is 5.68. The third kappa shape index (κ3) is 2.43. The number of benzene rings is 1. The number of rotatable bonds is 1. The summed E-state index contributed by atoms with van der Waals surface area (Å²) in [7, 11) is 0. The average molecular weight is 251 g/mol. The van der Waals surface area contributed by atoms with Crippen LogP contribution in [0.3, 0.4) is 0 Å². The second kappa shape index (κ2) is 4.18. The van der Waals surface area contributed by atoms with Crippen LogP contribution >= 0.6 is 11.6 Å². The van der Waals surface area contributed by atoms with E-state index in [-0.39, 0.29) is 0 Å². The molecule has 2 fully saturated rings. The molecule has 17 heavy (non-hydrogen) atoms. The molecule has 1 aliphatic carbocycles. The molecule has 1 spiro atoms. The highest BCUT2D eigenvalue weighted by Crippen LogP contribution is 2.47. The van der Waals surface area contributed by atoms with E-state index in [2.05, 4.69) is 29.3 Å². The maximum atomic E-state index is 6.09. The molecule has 1 aromatic rings. The van der Waals surface area contributed by atoms with Crippen molar-refractivity contribution in [2.75, 3.05) is 24.5 Å². The zero-order valence-corrected chi connectivity index (χ0v) is 11.0. The summed E-state index contributed by atoms with van der Waals surface area (Å²) >= 11 is 6.09. The lowest BCUT2D eigenvalue weighted by Crippen LogP contribution is -2.35. The van der Waals surface area contributed by atoms with Crippen molar-refractivity contribution >= 4 is 17.3 Å². The van der Waals surface area contributed by atoms with Crippen molar-refractivity contribution in [2.24, 2.45) is 5.41 Å². The van der Waals surface area contributed by atoms with Crippen LogP contribution in [0.15, 0.2) is 24.3 Å². The molecular weight excluding hydrogens is 232 g/mol. The molecule has 1 saturated heterocycles. The summed E-state index contributed by atoms with van der Waals surface area (Å²) in [5.74, 6) is 0. The predicted molar refractivity (Wildman–Crippen MR) is 72.8 cm³/mol. The summed E-state index contributed by atoms with van der Waals surface area (Å²) in [6.07, 6.45) is 2.73. The predicted octanol–water partition coefficient (Wildman–Crippen LogP) is 2.92. The Hall–Kier alpha value is -0.730. The van der Waals surface area contributed by atoms with E-state index in [9.17, 15) is 0 Å². The molecule has 0 aromatic heterocycles. The summed E-state index contributed by atoms with van der Waals surface area (Å²) in [5, 5.41) is 4.47. The fraction of sp³-hybridized carbons (Fsp3) is 0.571. The van der Waals surface area contributed by atoms with Gasteiger partial charge in [0.2, 0.25) is 0 Å². The van der Waals surface area contributed by atoms with Crippen molar-refractivity contribution in [2.45, 2.75) is 25.8 Å². The van der Waals surface area contributed by atoms with Gasteiger partial charge in [-0.15, -0.1) is 0 Å². The number of nitrogens with zero attached hydrogens (tertiary/aromatic N) is 1. The first kappa shape index (κ1) is 11.4. The Bertz CT molecular complexity index is 414. The van der Waals surface area contributed by atoms with Gasteiger partial charge in [-0.1, -0.05) is 17.7 Å². The van der Waals surface area contributed by atoms with Gasteiger partial charge in [0.25, 0.3) is 0 Å². The van der Waals surface area contributed by atoms with E-state index >= 15 is 0 Å². The van der Waals surface area contributed by atoms with Crippen LogP contribution in [0.4, 0.5) is 5.69 Å². The molecule has 3 heteroatoms. The topological polar surface area (TPSA) is 15.3 Å². The lowest BCUT2D eigenvalue weighted by atomic mass is 10.1. The van der Waals surface area contributed by atoms with Gasteiger partial charge < -0.3 is 10.2 Å². The minimum atomic E-state index is 0.535. The summed E-state index contributed by atoms with van der Waals surface area (Å²) in [5.41, 5.74) is 1.80. The highest BCUT2D eigenvalue weighted by atomic mass is 35.5. The molecule has 0 radical (unpaired) electrons. The fourth-order valence-electron chi connectivity index (χ4n) is 2.69. The van der Waals surface area contributed by atoms with E-state index < -0.39 is 0 Å². The first-order valence-electron chi connectivity index (χ1n) is 6.41. The molecule has 1 N–H and O–H groups in total. The zero-order chi connectivity index (χ0) is 11.9. The number of anilines is 1. The van der Waals surface area contributed by atoms with Crippen LogP contribution in [-0.2, 0) is 0 Å². The Labute approximate surface area is 108 Å². The fourth-order valence-corrected chi connectivity index (χ4v) is 2.88. The molecule has 1 heterocycles. The third-order valence-corrected chi connectivity index (χ3v) is 4.21. The minimum absolute atomic E-state index is 0.535. The lowest BCUT2D eigenvalue weighted by Gasteiger charge is -2.27. The van der Waals surface area contributed by atoms with Gasteiger partial charge in [0.15, 0.2) is 0 Å². The quantitative estimate of drug-likeness (QED) is 0.825. The SMILES string of the molecule is CC1CN(c2cccc(Cl)c2)CC2(CC2)CN1. The Balaban J connectivity index is 1.85. The first-order chi connectivity index (χ1) is 8.17. The van der Waals surface area contributed by atoms with Crippen LogP contribution in [0.25, 0.3) is 0 Å². The number of nitrogens with one attached hydrogen (secondary N) is 1. The van der Waals surface area contributed by atoms with E-state index in [1.54, 1.807) is 0 Å². The van der Waals surface area contributed by atoms with Crippen molar-refractivity contribution < 1.29 is 0 Å². The van der Waals surface area contributed by atoms with Crippen molar-refractivity contribution in [3.8, 4) is 0 Å². The number of hydrogen-bond donors (Lipinski definition) is 1. The van der Waals surface area contributed by atoms with Crippen LogP contribution < -0.4 is 10.2 Å². The number of halogens is 1. The first-order valence-corrected chi connectivity index (χ1v) is 6.79. The second-order valence-electron chi connectivity index (χ2n) is 5.64. The third-order valence-electron chi connectivity index (χ3n) is 3.98. The highest BCUT2D eigenvalue weighted by Gasteiger charge is 2.45. The van der Waals surface area contributed by atoms with Crippen LogP contribution in [-0.4, -0.2) is 25.7 Å². The second-order valence-corrected chi connectivity index (χ2v) is 6.08. The number of hydrogen-bond acceptors (Lipinski definition) is 2. The molecule has 1 aliphatic heterocycles. The van der Waals surface area contributed by atoms with Crippen LogP contribution in [0.1, 0.15) is 19.8 Å². The van der Waals surface area contributed by atoms with Crippen LogP contribution in [0, 0.1) is 5.41 Å². The molecule has 2 nitrogen and oxygen atoms in total. The average Bonchev–Trinajstić information content (AvgIpc) is 3.08. The van der Waals surface area contributed by atoms with E-state index in [0.717, 1.165) is 11.6 Å². The Kier molecular flexibility index (Phi) is 2.80. The van der Waals surface area contributed by atoms with Gasteiger partial charge in [0, 0.05) is 41.8 Å². The smallest absolute Gasteiger partial charge is 0.0426 e. The molecular formula is C14H19ClN2. The molecule has 1 aromatic carbocycles. The summed E-state index contributed by atoms with van der Waals surface area (Å²) in [4.78, 5) is 2.49. The van der Waals surface area contributed by atoms with Crippen LogP contribution in [0.5, 0.6) is 0 Å². The molecule has 3 rings (SSSR count). The minimum Gasteiger partial charge on any atom is -0.369 e. The van der Waals surface area contributed by atoms with Crippen molar-refractivity contribution in [1.29, 1.82) is 0 Å². The van der Waals surface area contributed by atoms with E-state index in [4.69, 9.17) is 11.6 Å². The van der Waals surface area contributed by atoms with Gasteiger partial charge in [-0.3, -0.25) is 0 Å². The summed E-state index contributed by atoms with van der Waals surface area (Å²) < 4.78 is 0. The largest absolute Gasteiger partial charge is 0.369 e. The van der Waals surface area contributed by atoms with Crippen molar-refractivity contribution in [3.63, 3.8) is 0 Å². The van der Waals surface area contributed by atoms with Gasteiger partial charge >= 0.3 is 0 Å². The molecule has 1 saturated carbocycles. The van der Waals surface area contributed by atoms with Gasteiger partial charge in [0.05, 0.1) is 0 Å². The Morgan fingerprint density at radius 2 is 2.24 bits per heavy atom. The van der Waals surface area contributed by atoms with Crippen molar-refractivity contribution in [1.82, 2.24) is 5.32 Å². The Morgan fingerprint density at radius 3 is 2.94 bits per heavy atom. The van der Waals surface area contributed by atoms with E-state index in [1.165, 1.54) is 31.6 Å². The normalized spacial score (nSPS) is 26.9. The monoisotopic (exact) mass is 250 g/mol. The lowest BCUT2D eigenvalue weighted by molar-refractivity contribution is 0.479. The molecule has 2 aliphatic rings. The maximum Gasteiger partial charge on any atom is 0.0426 e. The van der Waals surface area contributed by atoms with E-state index in [0.29, 0.717) is 11.5 Å². The van der Waals surface area contributed by atoms with Crippen LogP contribution in [0.2, 0.25) is 5.02 Å². The van der Waals surface area contributed by atoms with Gasteiger partial charge in [0.1, 0.15) is 0 Å². The molecule has 0 amide bonds. The summed E-state index contributed by atoms with van der Waals surface area (Å²) in [6, 6.07) is 8.78. The molecule has 1 unspecified atom stereocenters. The Morgan fingerprint density at radius 1 is 1.41 bits per heavy atom. The molecule has 1 atom stereocenters.